The largest absolute Gasteiger partial charge is 0.495 e. The van der Waals surface area contributed by atoms with Crippen LogP contribution in [0.25, 0.3) is 0 Å². The number of hydrogen-bond acceptors (Lipinski definition) is 4. The summed E-state index contributed by atoms with van der Waals surface area (Å²) in [5.41, 5.74) is 2.26. The van der Waals surface area contributed by atoms with Crippen LogP contribution in [0.1, 0.15) is 49.7 Å². The average Bonchev–Trinajstić information content (AvgIpc) is 3.01. The summed E-state index contributed by atoms with van der Waals surface area (Å²) in [5, 5.41) is 3.06. The van der Waals surface area contributed by atoms with Gasteiger partial charge in [0, 0.05) is 6.04 Å². The number of rotatable bonds is 7. The molecule has 31 heavy (non-hydrogen) atoms. The Kier molecular flexibility index (Phi) is 7.59. The number of nitrogens with one attached hydrogen (secondary N) is 1. The summed E-state index contributed by atoms with van der Waals surface area (Å²) >= 11 is 0. The van der Waals surface area contributed by atoms with Crippen LogP contribution in [0, 0.1) is 13.8 Å². The number of benzene rings is 2. The maximum Gasteiger partial charge on any atom is 0.268 e. The van der Waals surface area contributed by atoms with Crippen molar-refractivity contribution in [3.8, 4) is 5.75 Å². The summed E-state index contributed by atoms with van der Waals surface area (Å²) in [6, 6.07) is 12.3. The normalized spacial score (nSPS) is 15.2. The van der Waals surface area contributed by atoms with E-state index < -0.39 is 10.0 Å². The molecule has 3 rings (SSSR count). The van der Waals surface area contributed by atoms with E-state index in [1.165, 1.54) is 24.3 Å². The van der Waals surface area contributed by atoms with E-state index in [1.807, 2.05) is 26.0 Å². The molecule has 0 unspecified atom stereocenters. The molecular formula is C24H32N2O4S. The molecule has 0 aliphatic heterocycles. The minimum atomic E-state index is -4.03. The fraction of sp³-hybridized carbons (Fsp3) is 0.458. The summed E-state index contributed by atoms with van der Waals surface area (Å²) in [4.78, 5) is 13.0. The van der Waals surface area contributed by atoms with Gasteiger partial charge in [-0.2, -0.15) is 0 Å². The van der Waals surface area contributed by atoms with E-state index in [1.54, 1.807) is 30.3 Å². The monoisotopic (exact) mass is 444 g/mol. The van der Waals surface area contributed by atoms with Crippen LogP contribution >= 0.6 is 0 Å². The zero-order valence-electron chi connectivity index (χ0n) is 18.6. The maximum atomic E-state index is 13.7. The lowest BCUT2D eigenvalue weighted by Gasteiger charge is -2.26. The Bertz CT molecular complexity index is 995. The molecule has 0 bridgehead atoms. The van der Waals surface area contributed by atoms with Gasteiger partial charge >= 0.3 is 0 Å². The SMILES string of the molecule is COc1ccc(C)cc1S(=O)(=O)N(CC(=O)NC1CCCCCC1)c1ccc(C)cc1. The maximum absolute atomic E-state index is 13.7. The molecule has 0 spiro atoms. The van der Waals surface area contributed by atoms with Crippen LogP contribution < -0.4 is 14.4 Å². The minimum absolute atomic E-state index is 0.0536. The molecule has 2 aromatic carbocycles. The van der Waals surface area contributed by atoms with E-state index >= 15 is 0 Å². The van der Waals surface area contributed by atoms with Gasteiger partial charge in [-0.15, -0.1) is 0 Å². The lowest BCUT2D eigenvalue weighted by Crippen LogP contribution is -2.44. The van der Waals surface area contributed by atoms with E-state index in [0.717, 1.165) is 36.8 Å². The van der Waals surface area contributed by atoms with Gasteiger partial charge in [0.25, 0.3) is 10.0 Å². The number of sulfonamides is 1. The molecule has 0 atom stereocenters. The number of ether oxygens (including phenoxy) is 1. The minimum Gasteiger partial charge on any atom is -0.495 e. The molecule has 1 fully saturated rings. The first-order valence-electron chi connectivity index (χ1n) is 10.8. The molecule has 7 heteroatoms. The van der Waals surface area contributed by atoms with Crippen molar-refractivity contribution < 1.29 is 17.9 Å². The van der Waals surface area contributed by atoms with E-state index in [2.05, 4.69) is 5.32 Å². The molecule has 1 amide bonds. The Morgan fingerprint density at radius 1 is 1.00 bits per heavy atom. The van der Waals surface area contributed by atoms with Crippen molar-refractivity contribution >= 4 is 21.6 Å². The second-order valence-electron chi connectivity index (χ2n) is 8.26. The predicted octanol–water partition coefficient (Wildman–Crippen LogP) is 4.35. The number of carbonyl (C=O) groups is 1. The van der Waals surface area contributed by atoms with Gasteiger partial charge in [-0.1, -0.05) is 49.4 Å². The summed E-state index contributed by atoms with van der Waals surface area (Å²) in [5.74, 6) is -0.0328. The smallest absolute Gasteiger partial charge is 0.268 e. The molecule has 0 saturated heterocycles. The van der Waals surface area contributed by atoms with Crippen molar-refractivity contribution in [1.82, 2.24) is 5.32 Å². The highest BCUT2D eigenvalue weighted by Gasteiger charge is 2.30. The third-order valence-electron chi connectivity index (χ3n) is 5.72. The van der Waals surface area contributed by atoms with Crippen LogP contribution in [0.5, 0.6) is 5.75 Å². The van der Waals surface area contributed by atoms with Crippen molar-refractivity contribution in [3.63, 3.8) is 0 Å². The average molecular weight is 445 g/mol. The van der Waals surface area contributed by atoms with Crippen LogP contribution in [-0.2, 0) is 14.8 Å². The standard InChI is InChI=1S/C24H32N2O4S/c1-18-10-13-21(14-11-18)26(17-24(27)25-20-8-6-4-5-7-9-20)31(28,29)23-16-19(2)12-15-22(23)30-3/h10-16,20H,4-9,17H2,1-3H3,(H,25,27). The van der Waals surface area contributed by atoms with Gasteiger partial charge in [-0.25, -0.2) is 8.42 Å². The van der Waals surface area contributed by atoms with E-state index in [9.17, 15) is 13.2 Å². The molecule has 0 aromatic heterocycles. The topological polar surface area (TPSA) is 75.7 Å². The molecule has 1 aliphatic carbocycles. The second-order valence-corrected chi connectivity index (χ2v) is 10.1. The first kappa shape index (κ1) is 23.1. The molecular weight excluding hydrogens is 412 g/mol. The third kappa shape index (κ3) is 5.79. The van der Waals surface area contributed by atoms with Gasteiger partial charge in [0.05, 0.1) is 12.8 Å². The molecule has 0 heterocycles. The fourth-order valence-electron chi connectivity index (χ4n) is 3.96. The highest BCUT2D eigenvalue weighted by molar-refractivity contribution is 7.93. The number of carbonyl (C=O) groups excluding carboxylic acids is 1. The van der Waals surface area contributed by atoms with Gasteiger partial charge < -0.3 is 10.1 Å². The van der Waals surface area contributed by atoms with Crippen molar-refractivity contribution in [2.45, 2.75) is 63.3 Å². The number of methoxy groups -OCH3 is 1. The Labute approximate surface area is 185 Å². The first-order chi connectivity index (χ1) is 14.8. The second kappa shape index (κ2) is 10.2. The fourth-order valence-corrected chi connectivity index (χ4v) is 5.62. The number of aryl methyl sites for hydroxylation is 2. The van der Waals surface area contributed by atoms with Crippen LogP contribution in [0.2, 0.25) is 0 Å². The molecule has 1 N–H and O–H groups in total. The van der Waals surface area contributed by atoms with Gasteiger partial charge in [0.2, 0.25) is 5.91 Å². The zero-order valence-corrected chi connectivity index (χ0v) is 19.4. The van der Waals surface area contributed by atoms with E-state index in [-0.39, 0.29) is 29.1 Å². The lowest BCUT2D eigenvalue weighted by molar-refractivity contribution is -0.120. The summed E-state index contributed by atoms with van der Waals surface area (Å²) in [6.45, 7) is 3.48. The summed E-state index contributed by atoms with van der Waals surface area (Å²) < 4.78 is 33.9. The van der Waals surface area contributed by atoms with E-state index in [4.69, 9.17) is 4.74 Å². The molecule has 0 radical (unpaired) electrons. The molecule has 1 saturated carbocycles. The van der Waals surface area contributed by atoms with Crippen LogP contribution in [0.3, 0.4) is 0 Å². The summed E-state index contributed by atoms with van der Waals surface area (Å²) in [6.07, 6.45) is 6.42. The van der Waals surface area contributed by atoms with Crippen molar-refractivity contribution in [2.75, 3.05) is 18.0 Å². The van der Waals surface area contributed by atoms with E-state index in [0.29, 0.717) is 5.69 Å². The first-order valence-corrected chi connectivity index (χ1v) is 12.3. The third-order valence-corrected chi connectivity index (χ3v) is 7.51. The molecule has 168 valence electrons. The van der Waals surface area contributed by atoms with Crippen molar-refractivity contribution in [3.05, 3.63) is 53.6 Å². The number of amides is 1. The predicted molar refractivity (Wildman–Crippen MR) is 123 cm³/mol. The van der Waals surface area contributed by atoms with Gasteiger partial charge in [-0.05, 0) is 56.5 Å². The molecule has 2 aromatic rings. The quantitative estimate of drug-likeness (QED) is 0.645. The van der Waals surface area contributed by atoms with Gasteiger partial charge in [0.1, 0.15) is 17.2 Å². The van der Waals surface area contributed by atoms with Crippen LogP contribution in [0.15, 0.2) is 47.4 Å². The molecule has 1 aliphatic rings. The Morgan fingerprint density at radius 3 is 2.23 bits per heavy atom. The number of hydrogen-bond donors (Lipinski definition) is 1. The van der Waals surface area contributed by atoms with Gasteiger partial charge in [-0.3, -0.25) is 9.10 Å². The molecule has 6 nitrogen and oxygen atoms in total. The van der Waals surface area contributed by atoms with Crippen molar-refractivity contribution in [2.24, 2.45) is 0 Å². The highest BCUT2D eigenvalue weighted by atomic mass is 32.2. The zero-order chi connectivity index (χ0) is 22.4. The summed E-state index contributed by atoms with van der Waals surface area (Å²) in [7, 11) is -2.58. The van der Waals surface area contributed by atoms with Crippen molar-refractivity contribution in [1.29, 1.82) is 0 Å². The Balaban J connectivity index is 1.94. The highest BCUT2D eigenvalue weighted by Crippen LogP contribution is 2.31. The van der Waals surface area contributed by atoms with Gasteiger partial charge in [0.15, 0.2) is 0 Å². The Hall–Kier alpha value is -2.54. The lowest BCUT2D eigenvalue weighted by atomic mass is 10.1. The van der Waals surface area contributed by atoms with Crippen LogP contribution in [0.4, 0.5) is 5.69 Å². The van der Waals surface area contributed by atoms with Crippen LogP contribution in [-0.4, -0.2) is 34.0 Å². The Morgan fingerprint density at radius 2 is 1.61 bits per heavy atom. The number of nitrogens with zero attached hydrogens (tertiary/aromatic N) is 1. The number of anilines is 1.